The van der Waals surface area contributed by atoms with E-state index in [0.717, 1.165) is 17.7 Å². The van der Waals surface area contributed by atoms with Crippen LogP contribution in [0.3, 0.4) is 0 Å². The number of carbonyl (C=O) groups excluding carboxylic acids is 1. The van der Waals surface area contributed by atoms with Crippen molar-refractivity contribution in [2.45, 2.75) is 48.8 Å². The molecule has 1 aliphatic heterocycles. The molecule has 1 aliphatic rings. The predicted octanol–water partition coefficient (Wildman–Crippen LogP) is 1.16. The Balaban J connectivity index is 1.48. The van der Waals surface area contributed by atoms with E-state index < -0.39 is 40.7 Å². The van der Waals surface area contributed by atoms with Crippen molar-refractivity contribution in [3.63, 3.8) is 0 Å². The Labute approximate surface area is 180 Å². The molecule has 3 atom stereocenters. The van der Waals surface area contributed by atoms with Gasteiger partial charge in [-0.3, -0.25) is 9.78 Å². The fourth-order valence-corrected chi connectivity index (χ4v) is 4.77. The highest BCUT2D eigenvalue weighted by molar-refractivity contribution is 7.89. The van der Waals surface area contributed by atoms with Crippen LogP contribution < -0.4 is 10.0 Å². The van der Waals surface area contributed by atoms with Crippen LogP contribution in [0.1, 0.15) is 24.8 Å². The summed E-state index contributed by atoms with van der Waals surface area (Å²) in [6.07, 6.45) is 3.89. The zero-order valence-corrected chi connectivity index (χ0v) is 17.7. The van der Waals surface area contributed by atoms with Gasteiger partial charge < -0.3 is 15.2 Å². The molecule has 1 aromatic heterocycles. The van der Waals surface area contributed by atoms with Gasteiger partial charge in [0.15, 0.2) is 0 Å². The topological polar surface area (TPSA) is 118 Å². The van der Waals surface area contributed by atoms with Gasteiger partial charge in [-0.05, 0) is 61.2 Å². The summed E-state index contributed by atoms with van der Waals surface area (Å²) < 4.78 is 46.4. The number of hydrogen-bond donors (Lipinski definition) is 3. The van der Waals surface area contributed by atoms with Crippen molar-refractivity contribution in [1.29, 1.82) is 0 Å². The Morgan fingerprint density at radius 2 is 1.87 bits per heavy atom. The van der Waals surface area contributed by atoms with Gasteiger partial charge in [0.2, 0.25) is 15.9 Å². The minimum Gasteiger partial charge on any atom is -0.394 e. The molecule has 1 saturated heterocycles. The monoisotopic (exact) mass is 451 g/mol. The first-order chi connectivity index (χ1) is 14.9. The molecule has 2 heterocycles. The molecule has 0 unspecified atom stereocenters. The van der Waals surface area contributed by atoms with Crippen LogP contribution in [0.5, 0.6) is 0 Å². The zero-order chi connectivity index (χ0) is 22.3. The fourth-order valence-electron chi connectivity index (χ4n) is 3.47. The molecule has 1 aromatic carbocycles. The maximum Gasteiger partial charge on any atom is 0.240 e. The van der Waals surface area contributed by atoms with Gasteiger partial charge in [-0.2, -0.15) is 0 Å². The van der Waals surface area contributed by atoms with E-state index in [4.69, 9.17) is 4.74 Å². The van der Waals surface area contributed by atoms with Crippen LogP contribution in [0.4, 0.5) is 4.39 Å². The van der Waals surface area contributed by atoms with Crippen molar-refractivity contribution in [1.82, 2.24) is 15.0 Å². The lowest BCUT2D eigenvalue weighted by molar-refractivity contribution is -0.130. The maximum absolute atomic E-state index is 13.1. The third-order valence-corrected chi connectivity index (χ3v) is 6.63. The van der Waals surface area contributed by atoms with Gasteiger partial charge in [0.25, 0.3) is 0 Å². The molecule has 2 aromatic rings. The van der Waals surface area contributed by atoms with Crippen molar-refractivity contribution in [3.05, 3.63) is 60.2 Å². The molecule has 0 radical (unpaired) electrons. The van der Waals surface area contributed by atoms with Crippen molar-refractivity contribution >= 4 is 15.9 Å². The Kier molecular flexibility index (Phi) is 8.08. The van der Waals surface area contributed by atoms with Crippen LogP contribution in [-0.4, -0.2) is 55.8 Å². The SMILES string of the molecule is O=C(C[C@@H]1CC[C@H](NS(=O)(=O)c2ccc(F)cc2)[C@@H](CO)O1)NCCc1ccncc1. The van der Waals surface area contributed by atoms with Crippen molar-refractivity contribution in [2.75, 3.05) is 13.2 Å². The van der Waals surface area contributed by atoms with Crippen LogP contribution in [0.25, 0.3) is 0 Å². The van der Waals surface area contributed by atoms with Crippen molar-refractivity contribution < 1.29 is 27.4 Å². The standard InChI is InChI=1S/C21H26FN3O5S/c22-16-1-4-18(5-2-16)31(28,29)25-19-6-3-17(30-20(19)14-26)13-21(27)24-12-9-15-7-10-23-11-8-15/h1-2,4-5,7-8,10-11,17,19-20,25-26H,3,6,9,12-14H2,(H,24,27)/t17-,19-,20+/m0/s1. The zero-order valence-electron chi connectivity index (χ0n) is 16.9. The summed E-state index contributed by atoms with van der Waals surface area (Å²) in [7, 11) is -3.89. The number of rotatable bonds is 9. The Morgan fingerprint density at radius 1 is 1.16 bits per heavy atom. The smallest absolute Gasteiger partial charge is 0.240 e. The number of halogens is 1. The molecule has 8 nitrogen and oxygen atoms in total. The summed E-state index contributed by atoms with van der Waals surface area (Å²) in [6.45, 7) is 0.0931. The van der Waals surface area contributed by atoms with Crippen LogP contribution in [0.2, 0.25) is 0 Å². The van der Waals surface area contributed by atoms with Crippen LogP contribution in [0, 0.1) is 5.82 Å². The summed E-state index contributed by atoms with van der Waals surface area (Å²) in [4.78, 5) is 16.1. The highest BCUT2D eigenvalue weighted by Gasteiger charge is 2.34. The number of aromatic nitrogens is 1. The van der Waals surface area contributed by atoms with E-state index in [-0.39, 0.29) is 17.2 Å². The molecule has 0 saturated carbocycles. The van der Waals surface area contributed by atoms with Gasteiger partial charge in [0.05, 0.1) is 36.2 Å². The summed E-state index contributed by atoms with van der Waals surface area (Å²) in [6, 6.07) is 7.61. The number of hydrogen-bond acceptors (Lipinski definition) is 6. The molecule has 1 amide bonds. The number of amides is 1. The first kappa shape index (κ1) is 23.3. The predicted molar refractivity (Wildman–Crippen MR) is 111 cm³/mol. The van der Waals surface area contributed by atoms with Crippen LogP contribution >= 0.6 is 0 Å². The van der Waals surface area contributed by atoms with E-state index in [9.17, 15) is 22.7 Å². The molecular formula is C21H26FN3O5S. The first-order valence-electron chi connectivity index (χ1n) is 10.1. The quantitative estimate of drug-likeness (QED) is 0.527. The molecule has 0 bridgehead atoms. The van der Waals surface area contributed by atoms with Gasteiger partial charge in [-0.15, -0.1) is 0 Å². The number of benzene rings is 1. The number of aliphatic hydroxyl groups excluding tert-OH is 1. The van der Waals surface area contributed by atoms with Gasteiger partial charge in [0.1, 0.15) is 5.82 Å². The third kappa shape index (κ3) is 6.79. The second kappa shape index (κ2) is 10.8. The lowest BCUT2D eigenvalue weighted by atomic mass is 9.98. The third-order valence-electron chi connectivity index (χ3n) is 5.12. The van der Waals surface area contributed by atoms with Gasteiger partial charge in [-0.25, -0.2) is 17.5 Å². The second-order valence-electron chi connectivity index (χ2n) is 7.40. The molecular weight excluding hydrogens is 425 g/mol. The fraction of sp³-hybridized carbons (Fsp3) is 0.429. The lowest BCUT2D eigenvalue weighted by Gasteiger charge is -2.35. The molecule has 10 heteroatoms. The molecule has 1 fully saturated rings. The maximum atomic E-state index is 13.1. The summed E-state index contributed by atoms with van der Waals surface area (Å²) in [5, 5.41) is 12.5. The van der Waals surface area contributed by atoms with Gasteiger partial charge in [0, 0.05) is 18.9 Å². The number of ether oxygens (including phenoxy) is 1. The Morgan fingerprint density at radius 3 is 2.55 bits per heavy atom. The molecule has 0 aliphatic carbocycles. The summed E-state index contributed by atoms with van der Waals surface area (Å²) in [5.41, 5.74) is 1.07. The normalized spacial score (nSPS) is 21.5. The minimum absolute atomic E-state index is 0.0683. The molecule has 31 heavy (non-hydrogen) atoms. The second-order valence-corrected chi connectivity index (χ2v) is 9.11. The Bertz CT molecular complexity index is 957. The van der Waals surface area contributed by atoms with E-state index in [2.05, 4.69) is 15.0 Å². The minimum atomic E-state index is -3.89. The van der Waals surface area contributed by atoms with Crippen molar-refractivity contribution in [2.24, 2.45) is 0 Å². The van der Waals surface area contributed by atoms with Gasteiger partial charge in [-0.1, -0.05) is 0 Å². The van der Waals surface area contributed by atoms with E-state index in [1.165, 1.54) is 12.1 Å². The number of nitrogens with zero attached hydrogens (tertiary/aromatic N) is 1. The molecule has 3 rings (SSSR count). The van der Waals surface area contributed by atoms with E-state index in [1.54, 1.807) is 12.4 Å². The number of sulfonamides is 1. The molecule has 3 N–H and O–H groups in total. The van der Waals surface area contributed by atoms with Gasteiger partial charge >= 0.3 is 0 Å². The number of pyridine rings is 1. The Hall–Kier alpha value is -2.40. The molecule has 0 spiro atoms. The number of nitrogens with one attached hydrogen (secondary N) is 2. The number of carbonyl (C=O) groups is 1. The van der Waals surface area contributed by atoms with Crippen LogP contribution in [-0.2, 0) is 26.0 Å². The summed E-state index contributed by atoms with van der Waals surface area (Å²) >= 11 is 0. The highest BCUT2D eigenvalue weighted by atomic mass is 32.2. The van der Waals surface area contributed by atoms with E-state index in [0.29, 0.717) is 25.8 Å². The highest BCUT2D eigenvalue weighted by Crippen LogP contribution is 2.23. The average Bonchev–Trinajstić information content (AvgIpc) is 2.75. The number of aliphatic hydroxyl groups is 1. The van der Waals surface area contributed by atoms with E-state index >= 15 is 0 Å². The van der Waals surface area contributed by atoms with Crippen molar-refractivity contribution in [3.8, 4) is 0 Å². The summed E-state index contributed by atoms with van der Waals surface area (Å²) in [5.74, 6) is -0.698. The lowest BCUT2D eigenvalue weighted by Crippen LogP contribution is -2.51. The first-order valence-corrected chi connectivity index (χ1v) is 11.6. The van der Waals surface area contributed by atoms with Crippen LogP contribution in [0.15, 0.2) is 53.7 Å². The largest absolute Gasteiger partial charge is 0.394 e. The average molecular weight is 452 g/mol. The molecule has 168 valence electrons. The van der Waals surface area contributed by atoms with E-state index in [1.807, 2.05) is 12.1 Å².